The van der Waals surface area contributed by atoms with Crippen LogP contribution in [0.25, 0.3) is 11.4 Å². The standard InChI is InChI=1S/C17H22FN3O3/c1-10-8-13(4-5-14(10)18)17-20-16(24-21-17)7-6-15(23)19-12(3)11(2)9-22/h4-5,8,11-12,22H,6-7,9H2,1-3H3,(H,19,23). The van der Waals surface area contributed by atoms with E-state index in [0.717, 1.165) is 0 Å². The lowest BCUT2D eigenvalue weighted by molar-refractivity contribution is -0.122. The molecule has 0 saturated heterocycles. The highest BCUT2D eigenvalue weighted by Gasteiger charge is 2.15. The maximum Gasteiger partial charge on any atom is 0.227 e. The van der Waals surface area contributed by atoms with Crippen LogP contribution in [-0.4, -0.2) is 33.8 Å². The molecule has 1 heterocycles. The molecule has 0 bridgehead atoms. The van der Waals surface area contributed by atoms with E-state index < -0.39 is 0 Å². The van der Waals surface area contributed by atoms with Crippen molar-refractivity contribution in [2.75, 3.05) is 6.61 Å². The summed E-state index contributed by atoms with van der Waals surface area (Å²) in [4.78, 5) is 16.1. The number of carbonyl (C=O) groups excluding carboxylic acids is 1. The Kier molecular flexibility index (Phi) is 6.03. The van der Waals surface area contributed by atoms with E-state index in [4.69, 9.17) is 9.63 Å². The Bertz CT molecular complexity index is 702. The highest BCUT2D eigenvalue weighted by Crippen LogP contribution is 2.19. The van der Waals surface area contributed by atoms with Crippen molar-refractivity contribution in [3.05, 3.63) is 35.5 Å². The van der Waals surface area contributed by atoms with Gasteiger partial charge in [0.2, 0.25) is 17.6 Å². The zero-order valence-electron chi connectivity index (χ0n) is 14.0. The summed E-state index contributed by atoms with van der Waals surface area (Å²) in [6, 6.07) is 4.48. The summed E-state index contributed by atoms with van der Waals surface area (Å²) in [7, 11) is 0. The second-order valence-corrected chi connectivity index (χ2v) is 5.99. The molecule has 0 aliphatic rings. The molecule has 1 aromatic heterocycles. The molecular weight excluding hydrogens is 313 g/mol. The van der Waals surface area contributed by atoms with Crippen LogP contribution in [-0.2, 0) is 11.2 Å². The number of nitrogens with one attached hydrogen (secondary N) is 1. The van der Waals surface area contributed by atoms with Gasteiger partial charge in [0.25, 0.3) is 0 Å². The number of aromatic nitrogens is 2. The van der Waals surface area contributed by atoms with Gasteiger partial charge in [0.1, 0.15) is 5.82 Å². The molecule has 0 spiro atoms. The number of amides is 1. The van der Waals surface area contributed by atoms with E-state index in [1.807, 2.05) is 13.8 Å². The molecule has 130 valence electrons. The molecule has 2 rings (SSSR count). The van der Waals surface area contributed by atoms with Gasteiger partial charge in [-0.3, -0.25) is 4.79 Å². The Balaban J connectivity index is 1.92. The molecule has 1 amide bonds. The van der Waals surface area contributed by atoms with Crippen molar-refractivity contribution in [2.24, 2.45) is 5.92 Å². The molecule has 7 heteroatoms. The third kappa shape index (κ3) is 4.61. The number of carbonyl (C=O) groups is 1. The lowest BCUT2D eigenvalue weighted by Gasteiger charge is -2.18. The number of rotatable bonds is 7. The Hall–Kier alpha value is -2.28. The van der Waals surface area contributed by atoms with E-state index in [1.54, 1.807) is 19.1 Å². The highest BCUT2D eigenvalue weighted by molar-refractivity contribution is 5.76. The molecule has 2 atom stereocenters. The Morgan fingerprint density at radius 1 is 1.42 bits per heavy atom. The van der Waals surface area contributed by atoms with Gasteiger partial charge in [-0.1, -0.05) is 12.1 Å². The molecule has 1 aromatic carbocycles. The first-order chi connectivity index (χ1) is 11.4. The first kappa shape index (κ1) is 18.1. The van der Waals surface area contributed by atoms with Crippen LogP contribution in [0.4, 0.5) is 4.39 Å². The third-order valence-electron chi connectivity index (χ3n) is 3.98. The monoisotopic (exact) mass is 335 g/mol. The number of hydrogen-bond donors (Lipinski definition) is 2. The maximum absolute atomic E-state index is 13.3. The average molecular weight is 335 g/mol. The fourth-order valence-electron chi connectivity index (χ4n) is 2.10. The lowest BCUT2D eigenvalue weighted by atomic mass is 10.1. The third-order valence-corrected chi connectivity index (χ3v) is 3.98. The Morgan fingerprint density at radius 2 is 2.17 bits per heavy atom. The van der Waals surface area contributed by atoms with Gasteiger partial charge in [0.05, 0.1) is 0 Å². The fourth-order valence-corrected chi connectivity index (χ4v) is 2.10. The number of benzene rings is 1. The van der Waals surface area contributed by atoms with Gasteiger partial charge in [0, 0.05) is 31.1 Å². The summed E-state index contributed by atoms with van der Waals surface area (Å²) in [6.45, 7) is 5.39. The molecule has 0 radical (unpaired) electrons. The Morgan fingerprint density at radius 3 is 2.83 bits per heavy atom. The van der Waals surface area contributed by atoms with Gasteiger partial charge in [-0.25, -0.2) is 4.39 Å². The summed E-state index contributed by atoms with van der Waals surface area (Å²) in [6.07, 6.45) is 0.534. The van der Waals surface area contributed by atoms with E-state index >= 15 is 0 Å². The average Bonchev–Trinajstić information content (AvgIpc) is 3.03. The van der Waals surface area contributed by atoms with Crippen LogP contribution in [0.1, 0.15) is 31.7 Å². The molecule has 6 nitrogen and oxygen atoms in total. The second kappa shape index (κ2) is 8.01. The van der Waals surface area contributed by atoms with Gasteiger partial charge in [-0.15, -0.1) is 0 Å². The second-order valence-electron chi connectivity index (χ2n) is 5.99. The van der Waals surface area contributed by atoms with Crippen molar-refractivity contribution in [1.82, 2.24) is 15.5 Å². The molecule has 2 aromatic rings. The van der Waals surface area contributed by atoms with Crippen molar-refractivity contribution in [3.8, 4) is 11.4 Å². The molecule has 0 saturated carbocycles. The van der Waals surface area contributed by atoms with E-state index in [-0.39, 0.29) is 36.7 Å². The first-order valence-electron chi connectivity index (χ1n) is 7.90. The molecule has 24 heavy (non-hydrogen) atoms. The predicted molar refractivity (Wildman–Crippen MR) is 86.6 cm³/mol. The van der Waals surface area contributed by atoms with E-state index in [1.165, 1.54) is 6.07 Å². The predicted octanol–water partition coefficient (Wildman–Crippen LogP) is 2.25. The smallest absolute Gasteiger partial charge is 0.227 e. The number of nitrogens with zero attached hydrogens (tertiary/aromatic N) is 2. The van der Waals surface area contributed by atoms with Gasteiger partial charge < -0.3 is 14.9 Å². The van der Waals surface area contributed by atoms with Crippen molar-refractivity contribution in [1.29, 1.82) is 0 Å². The molecule has 0 aliphatic heterocycles. The molecule has 2 N–H and O–H groups in total. The topological polar surface area (TPSA) is 88.2 Å². The normalized spacial score (nSPS) is 13.5. The van der Waals surface area contributed by atoms with Gasteiger partial charge in [-0.05, 0) is 43.5 Å². The Labute approximate surface area is 140 Å². The van der Waals surface area contributed by atoms with E-state index in [2.05, 4.69) is 15.5 Å². The zero-order chi connectivity index (χ0) is 17.7. The summed E-state index contributed by atoms with van der Waals surface area (Å²) < 4.78 is 18.4. The van der Waals surface area contributed by atoms with Crippen LogP contribution < -0.4 is 5.32 Å². The quantitative estimate of drug-likeness (QED) is 0.810. The largest absolute Gasteiger partial charge is 0.396 e. The van der Waals surface area contributed by atoms with Crippen molar-refractivity contribution in [2.45, 2.75) is 39.7 Å². The molecule has 2 unspecified atom stereocenters. The van der Waals surface area contributed by atoms with Crippen molar-refractivity contribution >= 4 is 5.91 Å². The number of aliphatic hydroxyl groups is 1. The van der Waals surface area contributed by atoms with Gasteiger partial charge >= 0.3 is 0 Å². The van der Waals surface area contributed by atoms with Crippen LogP contribution in [0, 0.1) is 18.7 Å². The minimum atomic E-state index is -0.287. The van der Waals surface area contributed by atoms with E-state index in [9.17, 15) is 9.18 Å². The lowest BCUT2D eigenvalue weighted by Crippen LogP contribution is -2.38. The van der Waals surface area contributed by atoms with Crippen molar-refractivity contribution in [3.63, 3.8) is 0 Å². The maximum atomic E-state index is 13.3. The SMILES string of the molecule is Cc1cc(-c2noc(CCC(=O)NC(C)C(C)CO)n2)ccc1F. The minimum absolute atomic E-state index is 0.00864. The molecule has 0 aliphatic carbocycles. The molecular formula is C17H22FN3O3. The van der Waals surface area contributed by atoms with Crippen molar-refractivity contribution < 1.29 is 18.8 Å². The number of halogens is 1. The van der Waals surface area contributed by atoms with Crippen LogP contribution in [0.5, 0.6) is 0 Å². The van der Waals surface area contributed by atoms with E-state index in [0.29, 0.717) is 29.3 Å². The first-order valence-corrected chi connectivity index (χ1v) is 7.90. The summed E-state index contributed by atoms with van der Waals surface area (Å²) in [5.41, 5.74) is 1.17. The summed E-state index contributed by atoms with van der Waals surface area (Å²) in [5.74, 6) is 0.289. The summed E-state index contributed by atoms with van der Waals surface area (Å²) in [5, 5.41) is 15.8. The minimum Gasteiger partial charge on any atom is -0.396 e. The van der Waals surface area contributed by atoms with Crippen LogP contribution in [0.2, 0.25) is 0 Å². The van der Waals surface area contributed by atoms with Gasteiger partial charge in [-0.2, -0.15) is 4.98 Å². The number of aryl methyl sites for hydroxylation is 2. The van der Waals surface area contributed by atoms with Crippen LogP contribution in [0.3, 0.4) is 0 Å². The fraction of sp³-hybridized carbons (Fsp3) is 0.471. The zero-order valence-corrected chi connectivity index (χ0v) is 14.0. The summed E-state index contributed by atoms with van der Waals surface area (Å²) >= 11 is 0. The van der Waals surface area contributed by atoms with Gasteiger partial charge in [0.15, 0.2) is 0 Å². The highest BCUT2D eigenvalue weighted by atomic mass is 19.1. The van der Waals surface area contributed by atoms with Crippen LogP contribution in [0.15, 0.2) is 22.7 Å². The van der Waals surface area contributed by atoms with Crippen LogP contribution >= 0.6 is 0 Å². The number of aliphatic hydroxyl groups excluding tert-OH is 1. The number of hydrogen-bond acceptors (Lipinski definition) is 5. The molecule has 0 fully saturated rings.